The number of hydrogen-bond acceptors (Lipinski definition) is 1. The molecule has 1 amide bonds. The molecule has 98 valence electrons. The predicted molar refractivity (Wildman–Crippen MR) is 82.7 cm³/mol. The zero-order chi connectivity index (χ0) is 13.8. The highest BCUT2D eigenvalue weighted by molar-refractivity contribution is 9.10. The van der Waals surface area contributed by atoms with Crippen LogP contribution in [0.1, 0.15) is 11.1 Å². The summed E-state index contributed by atoms with van der Waals surface area (Å²) in [7, 11) is 0. The molecule has 0 spiro atoms. The fourth-order valence-corrected chi connectivity index (χ4v) is 2.29. The molecule has 0 saturated heterocycles. The van der Waals surface area contributed by atoms with Gasteiger partial charge in [-0.1, -0.05) is 35.9 Å². The van der Waals surface area contributed by atoms with Crippen molar-refractivity contribution in [1.29, 1.82) is 0 Å². The molecule has 0 fully saturated rings. The van der Waals surface area contributed by atoms with Gasteiger partial charge in [-0.3, -0.25) is 4.79 Å². The molecule has 0 bridgehead atoms. The fourth-order valence-electron chi connectivity index (χ4n) is 1.74. The fraction of sp³-hybridized carbons (Fsp3) is 0.133. The van der Waals surface area contributed by atoms with E-state index in [2.05, 4.69) is 21.2 Å². The van der Waals surface area contributed by atoms with Gasteiger partial charge in [-0.05, 0) is 52.2 Å². The lowest BCUT2D eigenvalue weighted by molar-refractivity contribution is -0.115. The Morgan fingerprint density at radius 3 is 2.74 bits per heavy atom. The summed E-state index contributed by atoms with van der Waals surface area (Å²) in [5.74, 6) is -0.0839. The van der Waals surface area contributed by atoms with Crippen molar-refractivity contribution in [2.45, 2.75) is 13.3 Å². The van der Waals surface area contributed by atoms with Gasteiger partial charge in [-0.25, -0.2) is 0 Å². The van der Waals surface area contributed by atoms with Gasteiger partial charge in [-0.2, -0.15) is 0 Å². The molecular formula is C15H13BrClNO. The third-order valence-corrected chi connectivity index (χ3v) is 3.77. The van der Waals surface area contributed by atoms with Crippen molar-refractivity contribution in [1.82, 2.24) is 0 Å². The maximum Gasteiger partial charge on any atom is 0.228 e. The monoisotopic (exact) mass is 337 g/mol. The molecule has 2 nitrogen and oxygen atoms in total. The van der Waals surface area contributed by atoms with Crippen LogP contribution >= 0.6 is 27.5 Å². The van der Waals surface area contributed by atoms with E-state index in [1.807, 2.05) is 43.3 Å². The highest BCUT2D eigenvalue weighted by atomic mass is 79.9. The second kappa shape index (κ2) is 6.22. The lowest BCUT2D eigenvalue weighted by atomic mass is 10.1. The van der Waals surface area contributed by atoms with Gasteiger partial charge in [-0.15, -0.1) is 0 Å². The smallest absolute Gasteiger partial charge is 0.228 e. The van der Waals surface area contributed by atoms with E-state index >= 15 is 0 Å². The largest absolute Gasteiger partial charge is 0.325 e. The number of hydrogen-bond donors (Lipinski definition) is 1. The van der Waals surface area contributed by atoms with Gasteiger partial charge < -0.3 is 5.32 Å². The Labute approximate surface area is 125 Å². The Hall–Kier alpha value is -1.32. The van der Waals surface area contributed by atoms with E-state index in [0.717, 1.165) is 21.3 Å². The molecule has 0 aromatic heterocycles. The summed E-state index contributed by atoms with van der Waals surface area (Å²) in [4.78, 5) is 12.0. The molecule has 0 aliphatic carbocycles. The van der Waals surface area contributed by atoms with Gasteiger partial charge in [0.2, 0.25) is 5.91 Å². The van der Waals surface area contributed by atoms with E-state index in [4.69, 9.17) is 11.6 Å². The van der Waals surface area contributed by atoms with Crippen molar-refractivity contribution in [3.63, 3.8) is 0 Å². The standard InChI is InChI=1S/C15H13BrClNO/c1-10-6-7-12(16)14(8-10)18-15(19)9-11-4-2-3-5-13(11)17/h2-8H,9H2,1H3,(H,18,19). The van der Waals surface area contributed by atoms with Crippen molar-refractivity contribution < 1.29 is 4.79 Å². The third kappa shape index (κ3) is 3.82. The first-order valence-corrected chi connectivity index (χ1v) is 7.03. The molecule has 2 rings (SSSR count). The minimum Gasteiger partial charge on any atom is -0.325 e. The molecule has 0 radical (unpaired) electrons. The number of aryl methyl sites for hydroxylation is 1. The zero-order valence-corrected chi connectivity index (χ0v) is 12.8. The van der Waals surface area contributed by atoms with Gasteiger partial charge in [0.1, 0.15) is 0 Å². The average Bonchev–Trinajstić information content (AvgIpc) is 2.37. The van der Waals surface area contributed by atoms with E-state index in [1.54, 1.807) is 6.07 Å². The van der Waals surface area contributed by atoms with Crippen LogP contribution in [0.4, 0.5) is 5.69 Å². The number of carbonyl (C=O) groups excluding carboxylic acids is 1. The molecule has 2 aromatic rings. The van der Waals surface area contributed by atoms with E-state index in [9.17, 15) is 4.79 Å². The van der Waals surface area contributed by atoms with E-state index in [0.29, 0.717) is 5.02 Å². The summed E-state index contributed by atoms with van der Waals surface area (Å²) in [6.07, 6.45) is 0.264. The van der Waals surface area contributed by atoms with E-state index in [-0.39, 0.29) is 12.3 Å². The Balaban J connectivity index is 2.10. The van der Waals surface area contributed by atoms with Crippen molar-refractivity contribution in [3.8, 4) is 0 Å². The first-order chi connectivity index (χ1) is 9.06. The molecule has 0 atom stereocenters. The van der Waals surface area contributed by atoms with Crippen LogP contribution in [-0.2, 0) is 11.2 Å². The van der Waals surface area contributed by atoms with Crippen LogP contribution < -0.4 is 5.32 Å². The van der Waals surface area contributed by atoms with Crippen molar-refractivity contribution >= 4 is 39.1 Å². The van der Waals surface area contributed by atoms with Crippen LogP contribution in [0.3, 0.4) is 0 Å². The normalized spacial score (nSPS) is 10.3. The second-order valence-corrected chi connectivity index (χ2v) is 5.56. The molecule has 4 heteroatoms. The molecule has 0 aliphatic heterocycles. The Kier molecular flexibility index (Phi) is 4.61. The topological polar surface area (TPSA) is 29.1 Å². The highest BCUT2D eigenvalue weighted by Crippen LogP contribution is 2.24. The maximum absolute atomic E-state index is 12.0. The Morgan fingerprint density at radius 1 is 1.26 bits per heavy atom. The predicted octanol–water partition coefficient (Wildman–Crippen LogP) is 4.59. The van der Waals surface area contributed by atoms with Crippen LogP contribution in [0.2, 0.25) is 5.02 Å². The summed E-state index contributed by atoms with van der Waals surface area (Å²) >= 11 is 9.46. The molecule has 0 aliphatic rings. The molecule has 19 heavy (non-hydrogen) atoms. The van der Waals surface area contributed by atoms with Crippen molar-refractivity contribution in [2.24, 2.45) is 0 Å². The average molecular weight is 339 g/mol. The number of rotatable bonds is 3. The quantitative estimate of drug-likeness (QED) is 0.871. The van der Waals surface area contributed by atoms with E-state index in [1.165, 1.54) is 0 Å². The minimum absolute atomic E-state index is 0.0839. The molecule has 0 unspecified atom stereocenters. The minimum atomic E-state index is -0.0839. The first-order valence-electron chi connectivity index (χ1n) is 5.85. The first kappa shape index (κ1) is 14.1. The number of amides is 1. The van der Waals surface area contributed by atoms with Crippen LogP contribution in [-0.4, -0.2) is 5.91 Å². The summed E-state index contributed by atoms with van der Waals surface area (Å²) in [5, 5.41) is 3.49. The van der Waals surface area contributed by atoms with Gasteiger partial charge in [0.15, 0.2) is 0 Å². The number of anilines is 1. The number of benzene rings is 2. The highest BCUT2D eigenvalue weighted by Gasteiger charge is 2.08. The molecule has 2 aromatic carbocycles. The molecule has 1 N–H and O–H groups in total. The Morgan fingerprint density at radius 2 is 2.00 bits per heavy atom. The summed E-state index contributed by atoms with van der Waals surface area (Å²) in [5.41, 5.74) is 2.69. The molecule has 0 saturated carbocycles. The lowest BCUT2D eigenvalue weighted by Crippen LogP contribution is -2.15. The maximum atomic E-state index is 12.0. The van der Waals surface area contributed by atoms with Crippen LogP contribution in [0.5, 0.6) is 0 Å². The lowest BCUT2D eigenvalue weighted by Gasteiger charge is -2.09. The summed E-state index contributed by atoms with van der Waals surface area (Å²) < 4.78 is 0.866. The number of halogens is 2. The van der Waals surface area contributed by atoms with Gasteiger partial charge in [0.25, 0.3) is 0 Å². The Bertz CT molecular complexity index is 613. The SMILES string of the molecule is Cc1ccc(Br)c(NC(=O)Cc2ccccc2Cl)c1. The zero-order valence-electron chi connectivity index (χ0n) is 10.4. The summed E-state index contributed by atoms with van der Waals surface area (Å²) in [6.45, 7) is 1.98. The van der Waals surface area contributed by atoms with Crippen molar-refractivity contribution in [3.05, 3.63) is 63.1 Å². The van der Waals surface area contributed by atoms with Crippen LogP contribution in [0.25, 0.3) is 0 Å². The third-order valence-electron chi connectivity index (χ3n) is 2.70. The molecule has 0 heterocycles. The summed E-state index contributed by atoms with van der Waals surface area (Å²) in [6, 6.07) is 13.2. The van der Waals surface area contributed by atoms with Crippen molar-refractivity contribution in [2.75, 3.05) is 5.32 Å². The number of carbonyl (C=O) groups is 1. The van der Waals surface area contributed by atoms with Crippen LogP contribution in [0.15, 0.2) is 46.9 Å². The number of nitrogens with one attached hydrogen (secondary N) is 1. The molecular weight excluding hydrogens is 326 g/mol. The van der Waals surface area contributed by atoms with Gasteiger partial charge in [0, 0.05) is 9.50 Å². The van der Waals surface area contributed by atoms with Gasteiger partial charge >= 0.3 is 0 Å². The van der Waals surface area contributed by atoms with Crippen LogP contribution in [0, 0.1) is 6.92 Å². The second-order valence-electron chi connectivity index (χ2n) is 4.30. The van der Waals surface area contributed by atoms with E-state index < -0.39 is 0 Å². The van der Waals surface area contributed by atoms with Gasteiger partial charge in [0.05, 0.1) is 12.1 Å².